The van der Waals surface area contributed by atoms with Crippen LogP contribution >= 0.6 is 23.5 Å². The Balaban J connectivity index is 1.07. The Morgan fingerprint density at radius 2 is 0.792 bits per heavy atom. The van der Waals surface area contributed by atoms with Crippen molar-refractivity contribution in [3.8, 4) is 0 Å². The molecular formula is C38H58O4S2Si4. The van der Waals surface area contributed by atoms with Crippen LogP contribution in [0.1, 0.15) is 0 Å². The summed E-state index contributed by atoms with van der Waals surface area (Å²) in [5.74, 6) is 4.19. The molecule has 48 heavy (non-hydrogen) atoms. The number of hydrogen-bond donors (Lipinski definition) is 0. The highest BCUT2D eigenvalue weighted by Crippen LogP contribution is 2.42. The van der Waals surface area contributed by atoms with Gasteiger partial charge in [0.2, 0.25) is 16.6 Å². The lowest BCUT2D eigenvalue weighted by Crippen LogP contribution is -2.51. The predicted octanol–water partition coefficient (Wildman–Crippen LogP) is 10.3. The minimum atomic E-state index is -2.11. The number of hydrogen-bond acceptors (Lipinski definition) is 6. The van der Waals surface area contributed by atoms with Crippen molar-refractivity contribution in [3.05, 3.63) is 122 Å². The van der Waals surface area contributed by atoms with Gasteiger partial charge in [-0.2, -0.15) is 23.5 Å². The van der Waals surface area contributed by atoms with Gasteiger partial charge in [0.25, 0.3) is 0 Å². The molecule has 0 amide bonds. The second kappa shape index (κ2) is 19.4. The van der Waals surface area contributed by atoms with Gasteiger partial charge in [-0.15, -0.1) is 13.2 Å². The van der Waals surface area contributed by atoms with Crippen molar-refractivity contribution in [2.45, 2.75) is 60.4 Å². The number of thioether (sulfide) groups is 2. The van der Waals surface area contributed by atoms with Gasteiger partial charge in [-0.25, -0.2) is 0 Å². The number of ether oxygens (including phenoxy) is 2. The molecule has 4 unspecified atom stereocenters. The molecule has 0 aromatic heterocycles. The van der Waals surface area contributed by atoms with Gasteiger partial charge in [0.05, 0.1) is 26.4 Å². The predicted molar refractivity (Wildman–Crippen MR) is 223 cm³/mol. The van der Waals surface area contributed by atoms with Crippen LogP contribution < -0.4 is 0 Å². The number of rotatable bonds is 25. The van der Waals surface area contributed by atoms with Crippen LogP contribution in [0.2, 0.25) is 60.4 Å². The third-order valence-corrected chi connectivity index (χ3v) is 31.0. The summed E-state index contributed by atoms with van der Waals surface area (Å²) in [5, 5.41) is 0. The van der Waals surface area contributed by atoms with Crippen LogP contribution in [0.4, 0.5) is 0 Å². The molecular weight excluding hydrogens is 697 g/mol. The van der Waals surface area contributed by atoms with Gasteiger partial charge in [0, 0.05) is 33.7 Å². The molecule has 0 fully saturated rings. The van der Waals surface area contributed by atoms with Gasteiger partial charge in [-0.1, -0.05) is 109 Å². The molecule has 0 N–H and O–H groups in total. The first kappa shape index (κ1) is 39.6. The maximum Gasteiger partial charge on any atom is 0.212 e. The van der Waals surface area contributed by atoms with Crippen molar-refractivity contribution in [2.75, 3.05) is 49.4 Å². The molecule has 4 nitrogen and oxygen atoms in total. The summed E-state index contributed by atoms with van der Waals surface area (Å²) in [4.78, 5) is 0. The molecule has 4 aliphatic carbocycles. The van der Waals surface area contributed by atoms with E-state index in [1.165, 1.54) is 0 Å². The molecule has 0 heterocycles. The molecule has 262 valence electrons. The monoisotopic (exact) mass is 754 g/mol. The summed E-state index contributed by atoms with van der Waals surface area (Å²) in [5.41, 5.74) is 5.90. The molecule has 0 saturated carbocycles. The zero-order valence-corrected chi connectivity index (χ0v) is 35.3. The summed E-state index contributed by atoms with van der Waals surface area (Å²) < 4.78 is 26.2. The second-order valence-electron chi connectivity index (χ2n) is 13.7. The summed E-state index contributed by atoms with van der Waals surface area (Å²) in [7, 11) is -8.27. The Hall–Kier alpha value is -1.19. The smallest absolute Gasteiger partial charge is 0.212 e. The Labute approximate surface area is 304 Å². The fourth-order valence-corrected chi connectivity index (χ4v) is 28.9. The van der Waals surface area contributed by atoms with E-state index in [0.717, 1.165) is 48.3 Å². The minimum Gasteiger partial charge on any atom is -0.451 e. The van der Waals surface area contributed by atoms with Crippen molar-refractivity contribution in [2.24, 2.45) is 0 Å². The first-order valence-electron chi connectivity index (χ1n) is 17.5. The minimum absolute atomic E-state index is 0.379. The van der Waals surface area contributed by atoms with Crippen molar-refractivity contribution in [1.29, 1.82) is 0 Å². The van der Waals surface area contributed by atoms with Gasteiger partial charge in [0.1, 0.15) is 0 Å². The molecule has 0 aliphatic heterocycles. The summed E-state index contributed by atoms with van der Waals surface area (Å²) in [6, 6.07) is 2.25. The molecule has 0 saturated heterocycles. The maximum atomic E-state index is 7.21. The molecule has 4 atom stereocenters. The van der Waals surface area contributed by atoms with E-state index in [1.807, 2.05) is 23.5 Å². The summed E-state index contributed by atoms with van der Waals surface area (Å²) in [6.07, 6.45) is 35.8. The summed E-state index contributed by atoms with van der Waals surface area (Å²) in [6.45, 7) is 20.7. The lowest BCUT2D eigenvalue weighted by Gasteiger charge is -2.41. The Bertz CT molecular complexity index is 1170. The molecule has 0 aromatic carbocycles. The van der Waals surface area contributed by atoms with Gasteiger partial charge in [-0.3, -0.25) is 0 Å². The second-order valence-corrected chi connectivity index (χ2v) is 32.3. The SMILES string of the molecule is C=C[Si](C)(O[Si](C)(CCSCCOCCOCCSCC[Si](C)(O[Si](C)(C=C)C1C=CC=C1)C1C=CC=C1)C1C=CC=C1)C1C=CC=C1. The highest BCUT2D eigenvalue weighted by atomic mass is 32.2. The Kier molecular flexibility index (Phi) is 16.0. The van der Waals surface area contributed by atoms with E-state index in [1.54, 1.807) is 0 Å². The van der Waals surface area contributed by atoms with Gasteiger partial charge >= 0.3 is 0 Å². The van der Waals surface area contributed by atoms with Gasteiger partial charge < -0.3 is 17.7 Å². The van der Waals surface area contributed by atoms with E-state index in [-0.39, 0.29) is 0 Å². The zero-order chi connectivity index (χ0) is 34.4. The van der Waals surface area contributed by atoms with Crippen molar-refractivity contribution >= 4 is 56.8 Å². The van der Waals surface area contributed by atoms with Gasteiger partial charge in [0.15, 0.2) is 16.6 Å². The fourth-order valence-electron chi connectivity index (χ4n) is 6.69. The van der Waals surface area contributed by atoms with E-state index in [0.29, 0.717) is 35.4 Å². The largest absolute Gasteiger partial charge is 0.451 e. The van der Waals surface area contributed by atoms with E-state index in [4.69, 9.17) is 17.7 Å². The molecule has 0 spiro atoms. The average molecular weight is 755 g/mol. The molecule has 10 heteroatoms. The third kappa shape index (κ3) is 11.2. The van der Waals surface area contributed by atoms with Crippen LogP contribution in [0.3, 0.4) is 0 Å². The Morgan fingerprint density at radius 3 is 1.10 bits per heavy atom. The van der Waals surface area contributed by atoms with Crippen molar-refractivity contribution < 1.29 is 17.7 Å². The Morgan fingerprint density at radius 1 is 0.479 bits per heavy atom. The van der Waals surface area contributed by atoms with E-state index in [9.17, 15) is 0 Å². The molecule has 0 bridgehead atoms. The first-order chi connectivity index (χ1) is 23.2. The summed E-state index contributed by atoms with van der Waals surface area (Å²) >= 11 is 3.96. The molecule has 0 radical (unpaired) electrons. The van der Waals surface area contributed by atoms with Gasteiger partial charge in [-0.05, 0) is 49.8 Å². The maximum absolute atomic E-state index is 7.21. The van der Waals surface area contributed by atoms with Crippen molar-refractivity contribution in [3.63, 3.8) is 0 Å². The van der Waals surface area contributed by atoms with Crippen LogP contribution in [-0.4, -0.2) is 82.7 Å². The van der Waals surface area contributed by atoms with Crippen LogP contribution in [0, 0.1) is 0 Å². The van der Waals surface area contributed by atoms with Crippen LogP contribution in [-0.2, 0) is 17.7 Å². The van der Waals surface area contributed by atoms with E-state index < -0.39 is 33.3 Å². The quantitative estimate of drug-likeness (QED) is 0.0683. The zero-order valence-electron chi connectivity index (χ0n) is 29.6. The van der Waals surface area contributed by atoms with E-state index in [2.05, 4.69) is 148 Å². The first-order valence-corrected chi connectivity index (χ1v) is 30.4. The lowest BCUT2D eigenvalue weighted by molar-refractivity contribution is 0.0605. The van der Waals surface area contributed by atoms with Crippen LogP contribution in [0.5, 0.6) is 0 Å². The normalized spacial score (nSPS) is 22.5. The fraction of sp³-hybridized carbons (Fsp3) is 0.474. The average Bonchev–Trinajstić information content (AvgIpc) is 3.91. The lowest BCUT2D eigenvalue weighted by atomic mass is 10.5. The van der Waals surface area contributed by atoms with Crippen molar-refractivity contribution in [1.82, 2.24) is 0 Å². The topological polar surface area (TPSA) is 36.9 Å². The highest BCUT2D eigenvalue weighted by Gasteiger charge is 2.46. The highest BCUT2D eigenvalue weighted by molar-refractivity contribution is 7.99. The number of allylic oxidation sites excluding steroid dienone is 16. The molecule has 4 rings (SSSR count). The van der Waals surface area contributed by atoms with Crippen LogP contribution in [0.25, 0.3) is 0 Å². The molecule has 0 aromatic rings. The molecule has 4 aliphatic rings. The standard InChI is InChI=1S/C38H58O4S2Si4/c1-7-45(3,35-17-9-10-18-35)41-47(5,37-21-13-14-22-37)33-31-43-29-27-39-25-26-40-28-30-44-32-34-48(6,38-23-15-16-24-38)42-46(4,8-2)36-19-11-12-20-36/h7-24,35-38H,1-2,25-34H2,3-6H3. The van der Waals surface area contributed by atoms with E-state index >= 15 is 0 Å². The third-order valence-electron chi connectivity index (χ3n) is 10.0. The van der Waals surface area contributed by atoms with Crippen LogP contribution in [0.15, 0.2) is 122 Å².